The van der Waals surface area contributed by atoms with E-state index < -0.39 is 6.09 Å². The first-order valence-electron chi connectivity index (χ1n) is 6.13. The molecule has 0 saturated carbocycles. The zero-order valence-corrected chi connectivity index (χ0v) is 12.2. The Labute approximate surface area is 124 Å². The third-order valence-corrected chi connectivity index (χ3v) is 3.41. The monoisotopic (exact) mass is 342 g/mol. The Morgan fingerprint density at radius 3 is 3.05 bits per heavy atom. The fourth-order valence-electron chi connectivity index (χ4n) is 2.03. The third kappa shape index (κ3) is 4.17. The first-order valence-corrected chi connectivity index (χ1v) is 6.93. The number of rotatable bonds is 4. The van der Waals surface area contributed by atoms with Crippen LogP contribution in [0.2, 0.25) is 0 Å². The van der Waals surface area contributed by atoms with Gasteiger partial charge in [-0.1, -0.05) is 6.07 Å². The van der Waals surface area contributed by atoms with Crippen molar-refractivity contribution in [3.05, 3.63) is 22.8 Å². The molecule has 2 amide bonds. The highest BCUT2D eigenvalue weighted by molar-refractivity contribution is 9.10. The number of amides is 2. The van der Waals surface area contributed by atoms with Gasteiger partial charge in [-0.15, -0.1) is 0 Å². The molecule has 0 unspecified atom stereocenters. The number of hydrogen-bond donors (Lipinski definition) is 3. The molecule has 1 aliphatic rings. The molecule has 1 saturated heterocycles. The molecular formula is C12H15BrN4O3. The van der Waals surface area contributed by atoms with Gasteiger partial charge in [0, 0.05) is 12.5 Å². The van der Waals surface area contributed by atoms with E-state index in [2.05, 4.69) is 31.5 Å². The highest BCUT2D eigenvalue weighted by Crippen LogP contribution is 2.16. The van der Waals surface area contributed by atoms with E-state index in [0.717, 1.165) is 0 Å². The van der Waals surface area contributed by atoms with Gasteiger partial charge in [-0.3, -0.25) is 4.79 Å². The minimum absolute atomic E-state index is 0.0914. The quantitative estimate of drug-likeness (QED) is 0.703. The SMILES string of the molecule is NC(=O)OC[C@@H]1CN[C@H](C(=O)Nc2cccc(Br)n2)C1. The van der Waals surface area contributed by atoms with Gasteiger partial charge in [0.05, 0.1) is 12.6 Å². The number of anilines is 1. The van der Waals surface area contributed by atoms with Gasteiger partial charge in [-0.05, 0) is 34.5 Å². The van der Waals surface area contributed by atoms with Crippen molar-refractivity contribution in [1.82, 2.24) is 10.3 Å². The molecule has 1 aromatic rings. The summed E-state index contributed by atoms with van der Waals surface area (Å²) in [4.78, 5) is 26.7. The summed E-state index contributed by atoms with van der Waals surface area (Å²) in [7, 11) is 0. The number of halogens is 1. The van der Waals surface area contributed by atoms with Crippen LogP contribution < -0.4 is 16.4 Å². The lowest BCUT2D eigenvalue weighted by Crippen LogP contribution is -2.35. The van der Waals surface area contributed by atoms with Crippen LogP contribution >= 0.6 is 15.9 Å². The van der Waals surface area contributed by atoms with Gasteiger partial charge in [-0.2, -0.15) is 0 Å². The zero-order chi connectivity index (χ0) is 14.5. The average Bonchev–Trinajstić information content (AvgIpc) is 2.85. The second-order valence-corrected chi connectivity index (χ2v) is 5.34. The van der Waals surface area contributed by atoms with Gasteiger partial charge in [0.1, 0.15) is 10.4 Å². The van der Waals surface area contributed by atoms with Gasteiger partial charge in [0.25, 0.3) is 0 Å². The molecule has 20 heavy (non-hydrogen) atoms. The summed E-state index contributed by atoms with van der Waals surface area (Å²) in [6.45, 7) is 0.832. The van der Waals surface area contributed by atoms with Crippen molar-refractivity contribution in [2.24, 2.45) is 11.7 Å². The number of carbonyl (C=O) groups is 2. The number of carbonyl (C=O) groups excluding carboxylic acids is 2. The van der Waals surface area contributed by atoms with Gasteiger partial charge in [-0.25, -0.2) is 9.78 Å². The minimum atomic E-state index is -0.795. The minimum Gasteiger partial charge on any atom is -0.449 e. The zero-order valence-electron chi connectivity index (χ0n) is 10.6. The highest BCUT2D eigenvalue weighted by Gasteiger charge is 2.30. The average molecular weight is 343 g/mol. The standard InChI is InChI=1S/C12H15BrN4O3/c13-9-2-1-3-10(16-9)17-11(18)8-4-7(5-15-8)6-20-12(14)19/h1-3,7-8,15H,4-6H2,(H2,14,19)(H,16,17,18)/t7-,8-/m0/s1. The lowest BCUT2D eigenvalue weighted by Gasteiger charge is -2.11. The second kappa shape index (κ2) is 6.67. The van der Waals surface area contributed by atoms with Crippen molar-refractivity contribution < 1.29 is 14.3 Å². The van der Waals surface area contributed by atoms with Crippen molar-refractivity contribution in [3.8, 4) is 0 Å². The Morgan fingerprint density at radius 2 is 2.35 bits per heavy atom. The smallest absolute Gasteiger partial charge is 0.404 e. The molecule has 1 fully saturated rings. The Balaban J connectivity index is 1.83. The van der Waals surface area contributed by atoms with Crippen LogP contribution in [-0.2, 0) is 9.53 Å². The van der Waals surface area contributed by atoms with Crippen LogP contribution in [0.5, 0.6) is 0 Å². The van der Waals surface area contributed by atoms with E-state index in [4.69, 9.17) is 10.5 Å². The predicted octanol–water partition coefficient (Wildman–Crippen LogP) is 0.856. The Morgan fingerprint density at radius 1 is 1.55 bits per heavy atom. The van der Waals surface area contributed by atoms with Crippen molar-refractivity contribution >= 4 is 33.7 Å². The van der Waals surface area contributed by atoms with Crippen molar-refractivity contribution in [2.75, 3.05) is 18.5 Å². The van der Waals surface area contributed by atoms with Crippen LogP contribution in [0.1, 0.15) is 6.42 Å². The van der Waals surface area contributed by atoms with Crippen LogP contribution in [0, 0.1) is 5.92 Å². The fraction of sp³-hybridized carbons (Fsp3) is 0.417. The van der Waals surface area contributed by atoms with Gasteiger partial charge >= 0.3 is 6.09 Å². The Bertz CT molecular complexity index is 511. The number of primary amides is 1. The topological polar surface area (TPSA) is 106 Å². The number of nitrogens with zero attached hydrogens (tertiary/aromatic N) is 1. The molecule has 4 N–H and O–H groups in total. The van der Waals surface area contributed by atoms with Gasteiger partial charge in [0.2, 0.25) is 5.91 Å². The van der Waals surface area contributed by atoms with Crippen LogP contribution in [0.25, 0.3) is 0 Å². The number of aromatic nitrogens is 1. The molecule has 0 aliphatic carbocycles. The van der Waals surface area contributed by atoms with Crippen molar-refractivity contribution in [2.45, 2.75) is 12.5 Å². The van der Waals surface area contributed by atoms with Crippen molar-refractivity contribution in [1.29, 1.82) is 0 Å². The largest absolute Gasteiger partial charge is 0.449 e. The molecule has 2 atom stereocenters. The predicted molar refractivity (Wildman–Crippen MR) is 76.0 cm³/mol. The maximum Gasteiger partial charge on any atom is 0.404 e. The van der Waals surface area contributed by atoms with E-state index in [9.17, 15) is 9.59 Å². The number of nitrogens with two attached hydrogens (primary N) is 1. The molecule has 108 valence electrons. The molecule has 2 heterocycles. The maximum absolute atomic E-state index is 12.0. The molecule has 8 heteroatoms. The molecule has 7 nitrogen and oxygen atoms in total. The first kappa shape index (κ1) is 14.7. The van der Waals surface area contributed by atoms with Crippen LogP contribution in [0.3, 0.4) is 0 Å². The van der Waals surface area contributed by atoms with E-state index in [-0.39, 0.29) is 24.5 Å². The number of nitrogens with one attached hydrogen (secondary N) is 2. The Hall–Kier alpha value is -1.67. The van der Waals surface area contributed by atoms with Crippen LogP contribution in [0.15, 0.2) is 22.8 Å². The number of pyridine rings is 1. The number of hydrogen-bond acceptors (Lipinski definition) is 5. The molecule has 0 bridgehead atoms. The molecule has 0 aromatic carbocycles. The molecule has 0 spiro atoms. The summed E-state index contributed by atoms with van der Waals surface area (Å²) in [5.41, 5.74) is 4.91. The summed E-state index contributed by atoms with van der Waals surface area (Å²) in [6.07, 6.45) is -0.205. The van der Waals surface area contributed by atoms with E-state index in [0.29, 0.717) is 23.4 Å². The second-order valence-electron chi connectivity index (χ2n) is 4.53. The summed E-state index contributed by atoms with van der Waals surface area (Å²) < 4.78 is 5.39. The third-order valence-electron chi connectivity index (χ3n) is 2.97. The lowest BCUT2D eigenvalue weighted by molar-refractivity contribution is -0.117. The lowest BCUT2D eigenvalue weighted by atomic mass is 10.1. The summed E-state index contributed by atoms with van der Waals surface area (Å²) in [5, 5.41) is 5.82. The van der Waals surface area contributed by atoms with E-state index in [1.165, 1.54) is 0 Å². The van der Waals surface area contributed by atoms with E-state index >= 15 is 0 Å². The molecule has 2 rings (SSSR count). The molecule has 0 radical (unpaired) electrons. The highest BCUT2D eigenvalue weighted by atomic mass is 79.9. The maximum atomic E-state index is 12.0. The van der Waals surface area contributed by atoms with Gasteiger partial charge in [0.15, 0.2) is 0 Å². The summed E-state index contributed by atoms with van der Waals surface area (Å²) in [5.74, 6) is 0.425. The molecular weight excluding hydrogens is 328 g/mol. The van der Waals surface area contributed by atoms with Crippen molar-refractivity contribution in [3.63, 3.8) is 0 Å². The van der Waals surface area contributed by atoms with E-state index in [1.54, 1.807) is 18.2 Å². The molecule has 1 aliphatic heterocycles. The normalized spacial score (nSPS) is 21.4. The van der Waals surface area contributed by atoms with E-state index in [1.807, 2.05) is 0 Å². The summed E-state index contributed by atoms with van der Waals surface area (Å²) >= 11 is 3.24. The Kier molecular flexibility index (Phi) is 4.91. The van der Waals surface area contributed by atoms with Crippen LogP contribution in [-0.4, -0.2) is 36.2 Å². The molecule has 1 aromatic heterocycles. The van der Waals surface area contributed by atoms with Gasteiger partial charge < -0.3 is 21.1 Å². The number of ether oxygens (including phenoxy) is 1. The van der Waals surface area contributed by atoms with Crippen LogP contribution in [0.4, 0.5) is 10.6 Å². The fourth-order valence-corrected chi connectivity index (χ4v) is 2.37. The first-order chi connectivity index (χ1) is 9.54. The summed E-state index contributed by atoms with van der Waals surface area (Å²) in [6, 6.07) is 4.96.